The van der Waals surface area contributed by atoms with Crippen LogP contribution in [0.25, 0.3) is 11.5 Å². The Morgan fingerprint density at radius 1 is 1.21 bits per heavy atom. The third kappa shape index (κ3) is 4.92. The number of nitrogens with zero attached hydrogens (tertiary/aromatic N) is 3. The van der Waals surface area contributed by atoms with E-state index in [1.807, 2.05) is 12.1 Å². The Hall–Kier alpha value is -1.90. The molecule has 0 saturated heterocycles. The Kier molecular flexibility index (Phi) is 6.29. The fourth-order valence-electron chi connectivity index (χ4n) is 2.98. The van der Waals surface area contributed by atoms with Crippen LogP contribution in [0.15, 0.2) is 33.9 Å². The molecule has 0 spiro atoms. The van der Waals surface area contributed by atoms with Crippen LogP contribution in [-0.2, 0) is 24.1 Å². The van der Waals surface area contributed by atoms with Gasteiger partial charge in [-0.15, -0.1) is 21.5 Å². The average Bonchev–Trinajstić information content (AvgIpc) is 3.33. The van der Waals surface area contributed by atoms with Gasteiger partial charge in [0.05, 0.1) is 16.5 Å². The molecule has 6 nitrogen and oxygen atoms in total. The van der Waals surface area contributed by atoms with Crippen LogP contribution in [0.1, 0.15) is 28.4 Å². The molecule has 1 aliphatic rings. The van der Waals surface area contributed by atoms with Crippen LogP contribution in [0.3, 0.4) is 0 Å². The fraction of sp³-hybridized carbons (Fsp3) is 0.368. The van der Waals surface area contributed by atoms with E-state index in [2.05, 4.69) is 15.5 Å². The Balaban J connectivity index is 1.21. The van der Waals surface area contributed by atoms with Crippen molar-refractivity contribution in [2.45, 2.75) is 37.3 Å². The molecule has 0 fully saturated rings. The number of thiazole rings is 1. The molecule has 1 aliphatic carbocycles. The van der Waals surface area contributed by atoms with Gasteiger partial charge in [0, 0.05) is 28.4 Å². The maximum absolute atomic E-state index is 12.1. The number of thioether (sulfide) groups is 1. The Bertz CT molecular complexity index is 932. The number of rotatable bonds is 7. The van der Waals surface area contributed by atoms with E-state index < -0.39 is 0 Å². The van der Waals surface area contributed by atoms with Crippen molar-refractivity contribution in [2.24, 2.45) is 0 Å². The quantitative estimate of drug-likeness (QED) is 0.562. The lowest BCUT2D eigenvalue weighted by Gasteiger charge is -2.06. The van der Waals surface area contributed by atoms with Crippen molar-refractivity contribution in [2.75, 3.05) is 12.3 Å². The number of aromatic nitrogens is 3. The summed E-state index contributed by atoms with van der Waals surface area (Å²) in [6, 6.07) is 7.15. The van der Waals surface area contributed by atoms with Crippen LogP contribution in [0.5, 0.6) is 0 Å². The number of nitrogens with one attached hydrogen (secondary N) is 1. The topological polar surface area (TPSA) is 80.9 Å². The van der Waals surface area contributed by atoms with E-state index in [0.717, 1.165) is 29.8 Å². The van der Waals surface area contributed by atoms with Gasteiger partial charge in [0.25, 0.3) is 5.22 Å². The predicted octanol–water partition coefficient (Wildman–Crippen LogP) is 4.18. The van der Waals surface area contributed by atoms with E-state index in [0.29, 0.717) is 22.7 Å². The summed E-state index contributed by atoms with van der Waals surface area (Å²) in [5.74, 6) is 0.584. The monoisotopic (exact) mass is 434 g/mol. The highest BCUT2D eigenvalue weighted by molar-refractivity contribution is 7.99. The SMILES string of the molecule is O=C(CSc1nnc(-c2ccc(Cl)cc2)o1)NCCc1nc2c(s1)CCCC2. The molecular formula is C19H19ClN4O2S2. The van der Waals surface area contributed by atoms with Gasteiger partial charge in [-0.05, 0) is 49.9 Å². The lowest BCUT2D eigenvalue weighted by molar-refractivity contribution is -0.118. The molecule has 0 radical (unpaired) electrons. The highest BCUT2D eigenvalue weighted by atomic mass is 35.5. The van der Waals surface area contributed by atoms with E-state index in [1.54, 1.807) is 23.5 Å². The molecule has 146 valence electrons. The second-order valence-electron chi connectivity index (χ2n) is 6.45. The number of aryl methyl sites for hydroxylation is 2. The molecule has 0 bridgehead atoms. The molecule has 2 aromatic heterocycles. The molecule has 4 rings (SSSR count). The molecule has 1 aromatic carbocycles. The minimum absolute atomic E-state index is 0.0578. The number of fused-ring (bicyclic) bond motifs is 1. The number of hydrogen-bond acceptors (Lipinski definition) is 7. The van der Waals surface area contributed by atoms with E-state index >= 15 is 0 Å². The van der Waals surface area contributed by atoms with E-state index in [4.69, 9.17) is 21.0 Å². The van der Waals surface area contributed by atoms with Crippen molar-refractivity contribution in [3.63, 3.8) is 0 Å². The molecule has 28 heavy (non-hydrogen) atoms. The summed E-state index contributed by atoms with van der Waals surface area (Å²) in [7, 11) is 0. The normalized spacial score (nSPS) is 13.3. The van der Waals surface area contributed by atoms with Gasteiger partial charge in [0.1, 0.15) is 0 Å². The zero-order valence-electron chi connectivity index (χ0n) is 15.1. The number of carbonyl (C=O) groups excluding carboxylic acids is 1. The van der Waals surface area contributed by atoms with Gasteiger partial charge in [0.15, 0.2) is 0 Å². The first-order valence-corrected chi connectivity index (χ1v) is 11.3. The smallest absolute Gasteiger partial charge is 0.277 e. The van der Waals surface area contributed by atoms with E-state index in [-0.39, 0.29) is 11.7 Å². The molecule has 0 unspecified atom stereocenters. The molecule has 1 N–H and O–H groups in total. The molecule has 2 heterocycles. The maximum Gasteiger partial charge on any atom is 0.277 e. The van der Waals surface area contributed by atoms with Crippen molar-refractivity contribution < 1.29 is 9.21 Å². The molecular weight excluding hydrogens is 416 g/mol. The number of hydrogen-bond donors (Lipinski definition) is 1. The minimum atomic E-state index is -0.0578. The van der Waals surface area contributed by atoms with Crippen molar-refractivity contribution in [3.05, 3.63) is 44.9 Å². The molecule has 0 atom stereocenters. The molecule has 1 amide bonds. The first-order valence-electron chi connectivity index (χ1n) is 9.14. The van der Waals surface area contributed by atoms with Crippen LogP contribution in [0.4, 0.5) is 0 Å². The van der Waals surface area contributed by atoms with Crippen LogP contribution in [0, 0.1) is 0 Å². The van der Waals surface area contributed by atoms with Crippen LogP contribution >= 0.6 is 34.7 Å². The summed E-state index contributed by atoms with van der Waals surface area (Å²) in [5, 5.41) is 13.0. The Labute approximate surface area is 176 Å². The Morgan fingerprint density at radius 3 is 2.86 bits per heavy atom. The van der Waals surface area contributed by atoms with Gasteiger partial charge in [-0.2, -0.15) is 0 Å². The minimum Gasteiger partial charge on any atom is -0.411 e. The van der Waals surface area contributed by atoms with Gasteiger partial charge in [-0.1, -0.05) is 23.4 Å². The van der Waals surface area contributed by atoms with Crippen molar-refractivity contribution in [1.29, 1.82) is 0 Å². The summed E-state index contributed by atoms with van der Waals surface area (Å²) < 4.78 is 5.59. The van der Waals surface area contributed by atoms with Crippen LogP contribution < -0.4 is 5.32 Å². The summed E-state index contributed by atoms with van der Waals surface area (Å²) in [6.07, 6.45) is 5.52. The fourth-order valence-corrected chi connectivity index (χ4v) is 4.85. The first-order chi connectivity index (χ1) is 13.7. The number of benzene rings is 1. The van der Waals surface area contributed by atoms with Crippen molar-refractivity contribution in [1.82, 2.24) is 20.5 Å². The van der Waals surface area contributed by atoms with E-state index in [1.165, 1.54) is 35.2 Å². The van der Waals surface area contributed by atoms with Gasteiger partial charge in [-0.25, -0.2) is 4.98 Å². The van der Waals surface area contributed by atoms with Crippen molar-refractivity contribution >= 4 is 40.6 Å². The first kappa shape index (κ1) is 19.4. The second kappa shape index (κ2) is 9.07. The predicted molar refractivity (Wildman–Crippen MR) is 111 cm³/mol. The van der Waals surface area contributed by atoms with Crippen molar-refractivity contribution in [3.8, 4) is 11.5 Å². The van der Waals surface area contributed by atoms with E-state index in [9.17, 15) is 4.79 Å². The van der Waals surface area contributed by atoms with Gasteiger partial charge in [-0.3, -0.25) is 4.79 Å². The van der Waals surface area contributed by atoms with Crippen LogP contribution in [0.2, 0.25) is 5.02 Å². The standard InChI is InChI=1S/C19H19ClN4O2S2/c20-13-7-5-12(6-8-13)18-23-24-19(26-18)27-11-16(25)21-10-9-17-22-14-3-1-2-4-15(14)28-17/h5-8H,1-4,9-11H2,(H,21,25). The number of halogens is 1. The zero-order valence-corrected chi connectivity index (χ0v) is 17.5. The van der Waals surface area contributed by atoms with Gasteiger partial charge < -0.3 is 9.73 Å². The third-order valence-corrected chi connectivity index (χ3v) is 6.66. The molecule has 0 saturated carbocycles. The maximum atomic E-state index is 12.1. The molecule has 9 heteroatoms. The molecule has 3 aromatic rings. The largest absolute Gasteiger partial charge is 0.411 e. The summed E-state index contributed by atoms with van der Waals surface area (Å²) in [4.78, 5) is 18.2. The average molecular weight is 435 g/mol. The lowest BCUT2D eigenvalue weighted by Crippen LogP contribution is -2.27. The second-order valence-corrected chi connectivity index (χ2v) is 8.98. The summed E-state index contributed by atoms with van der Waals surface area (Å²) in [6.45, 7) is 0.589. The Morgan fingerprint density at radius 2 is 2.04 bits per heavy atom. The number of carbonyl (C=O) groups is 1. The zero-order chi connectivity index (χ0) is 19.3. The number of amides is 1. The summed E-state index contributed by atoms with van der Waals surface area (Å²) >= 11 is 8.89. The summed E-state index contributed by atoms with van der Waals surface area (Å²) in [5.41, 5.74) is 2.06. The highest BCUT2D eigenvalue weighted by Crippen LogP contribution is 2.27. The highest BCUT2D eigenvalue weighted by Gasteiger charge is 2.15. The lowest BCUT2D eigenvalue weighted by atomic mass is 10.0. The van der Waals surface area contributed by atoms with Gasteiger partial charge in [0.2, 0.25) is 11.8 Å². The van der Waals surface area contributed by atoms with Gasteiger partial charge >= 0.3 is 0 Å². The third-order valence-electron chi connectivity index (χ3n) is 4.38. The van der Waals surface area contributed by atoms with Crippen LogP contribution in [-0.4, -0.2) is 33.4 Å². The molecule has 0 aliphatic heterocycles.